The summed E-state index contributed by atoms with van der Waals surface area (Å²) < 4.78 is 0. The minimum absolute atomic E-state index is 0.269. The molecule has 21 heavy (non-hydrogen) atoms. The maximum Gasteiger partial charge on any atom is 0.326 e. The largest absolute Gasteiger partial charge is 0.480 e. The summed E-state index contributed by atoms with van der Waals surface area (Å²) in [6.45, 7) is 2.12. The molecule has 1 unspecified atom stereocenters. The van der Waals surface area contributed by atoms with Crippen LogP contribution < -0.4 is 16.4 Å². The summed E-state index contributed by atoms with van der Waals surface area (Å²) in [5.74, 6) is -1.49. The number of nitrogens with one attached hydrogen (secondary N) is 2. The summed E-state index contributed by atoms with van der Waals surface area (Å²) in [7, 11) is 0. The summed E-state index contributed by atoms with van der Waals surface area (Å²) >= 11 is 0. The lowest BCUT2D eigenvalue weighted by atomic mass is 10.1. The molecule has 0 heterocycles. The summed E-state index contributed by atoms with van der Waals surface area (Å²) in [4.78, 5) is 33.5. The molecule has 3 amide bonds. The monoisotopic (exact) mass is 293 g/mol. The van der Waals surface area contributed by atoms with Gasteiger partial charge >= 0.3 is 12.0 Å². The van der Waals surface area contributed by atoms with Gasteiger partial charge in [-0.15, -0.1) is 0 Å². The van der Waals surface area contributed by atoms with Crippen LogP contribution in [0.5, 0.6) is 0 Å². The number of carboxylic acid groups (broad SMARTS) is 1. The van der Waals surface area contributed by atoms with Gasteiger partial charge in [-0.1, -0.05) is 25.5 Å². The van der Waals surface area contributed by atoms with Crippen molar-refractivity contribution < 1.29 is 19.5 Å². The van der Waals surface area contributed by atoms with Crippen molar-refractivity contribution in [3.05, 3.63) is 35.4 Å². The molecule has 0 aromatic heterocycles. The first-order chi connectivity index (χ1) is 9.93. The minimum atomic E-state index is -1.05. The first-order valence-corrected chi connectivity index (χ1v) is 6.60. The van der Waals surface area contributed by atoms with E-state index in [1.165, 1.54) is 0 Å². The Labute approximate surface area is 122 Å². The van der Waals surface area contributed by atoms with Crippen LogP contribution in [-0.4, -0.2) is 29.1 Å². The van der Waals surface area contributed by atoms with Crippen LogP contribution in [0.3, 0.4) is 0 Å². The predicted octanol–water partition coefficient (Wildman–Crippen LogP) is 0.838. The Bertz CT molecular complexity index is 513. The standard InChI is InChI=1S/C14H19N3O4/c1-2-3-11(13(19)20)17-12(18)10-6-4-9(5-7-10)8-16-14(15)21/h4-7,11H,2-3,8H2,1H3,(H,17,18)(H,19,20)(H3,15,16,21). The average Bonchev–Trinajstić information content (AvgIpc) is 2.45. The molecule has 7 nitrogen and oxygen atoms in total. The smallest absolute Gasteiger partial charge is 0.326 e. The maximum absolute atomic E-state index is 11.9. The third-order valence-corrected chi connectivity index (χ3v) is 2.86. The van der Waals surface area contributed by atoms with E-state index in [-0.39, 0.29) is 6.54 Å². The summed E-state index contributed by atoms with van der Waals surface area (Å²) in [6.07, 6.45) is 1.04. The molecule has 0 spiro atoms. The molecular weight excluding hydrogens is 274 g/mol. The summed E-state index contributed by atoms with van der Waals surface area (Å²) in [5.41, 5.74) is 6.11. The van der Waals surface area contributed by atoms with Crippen molar-refractivity contribution in [3.63, 3.8) is 0 Å². The third-order valence-electron chi connectivity index (χ3n) is 2.86. The zero-order valence-electron chi connectivity index (χ0n) is 11.8. The minimum Gasteiger partial charge on any atom is -0.480 e. The van der Waals surface area contributed by atoms with E-state index in [1.807, 2.05) is 6.92 Å². The molecule has 0 saturated heterocycles. The van der Waals surface area contributed by atoms with Crippen molar-refractivity contribution in [2.75, 3.05) is 0 Å². The van der Waals surface area contributed by atoms with Gasteiger partial charge in [0.2, 0.25) is 0 Å². The van der Waals surface area contributed by atoms with Gasteiger partial charge in [-0.05, 0) is 24.1 Å². The number of primary amides is 1. The van der Waals surface area contributed by atoms with Crippen molar-refractivity contribution >= 4 is 17.9 Å². The lowest BCUT2D eigenvalue weighted by molar-refractivity contribution is -0.139. The lowest BCUT2D eigenvalue weighted by Crippen LogP contribution is -2.40. The fraction of sp³-hybridized carbons (Fsp3) is 0.357. The number of carbonyl (C=O) groups excluding carboxylic acids is 2. The number of rotatable bonds is 7. The molecule has 1 atom stereocenters. The van der Waals surface area contributed by atoms with Crippen molar-refractivity contribution in [2.24, 2.45) is 5.73 Å². The van der Waals surface area contributed by atoms with E-state index in [2.05, 4.69) is 10.6 Å². The van der Waals surface area contributed by atoms with Gasteiger partial charge in [-0.25, -0.2) is 9.59 Å². The van der Waals surface area contributed by atoms with E-state index in [0.29, 0.717) is 18.4 Å². The number of hydrogen-bond donors (Lipinski definition) is 4. The van der Waals surface area contributed by atoms with Crippen molar-refractivity contribution in [3.8, 4) is 0 Å². The normalized spacial score (nSPS) is 11.5. The Kier molecular flexibility index (Phi) is 6.19. The number of aliphatic carboxylic acids is 1. The number of benzene rings is 1. The second-order valence-corrected chi connectivity index (χ2v) is 4.57. The summed E-state index contributed by atoms with van der Waals surface area (Å²) in [5, 5.41) is 13.9. The van der Waals surface area contributed by atoms with E-state index in [0.717, 1.165) is 5.56 Å². The van der Waals surface area contributed by atoms with Crippen LogP contribution in [0.15, 0.2) is 24.3 Å². The lowest BCUT2D eigenvalue weighted by Gasteiger charge is -2.13. The molecule has 0 aliphatic carbocycles. The van der Waals surface area contributed by atoms with Crippen molar-refractivity contribution in [1.29, 1.82) is 0 Å². The van der Waals surface area contributed by atoms with Gasteiger partial charge in [0.05, 0.1) is 0 Å². The Morgan fingerprint density at radius 2 is 1.86 bits per heavy atom. The highest BCUT2D eigenvalue weighted by atomic mass is 16.4. The zero-order chi connectivity index (χ0) is 15.8. The van der Waals surface area contributed by atoms with Gasteiger partial charge in [0, 0.05) is 12.1 Å². The topological polar surface area (TPSA) is 122 Å². The van der Waals surface area contributed by atoms with Crippen LogP contribution in [0.4, 0.5) is 4.79 Å². The molecule has 114 valence electrons. The van der Waals surface area contributed by atoms with E-state index in [9.17, 15) is 14.4 Å². The van der Waals surface area contributed by atoms with E-state index >= 15 is 0 Å². The van der Waals surface area contributed by atoms with Crippen LogP contribution in [0.25, 0.3) is 0 Å². The van der Waals surface area contributed by atoms with Gasteiger partial charge < -0.3 is 21.5 Å². The Morgan fingerprint density at radius 1 is 1.24 bits per heavy atom. The Hall–Kier alpha value is -2.57. The molecule has 0 aliphatic heterocycles. The molecule has 0 saturated carbocycles. The highest BCUT2D eigenvalue weighted by molar-refractivity contribution is 5.96. The fourth-order valence-electron chi connectivity index (χ4n) is 1.75. The van der Waals surface area contributed by atoms with Crippen molar-refractivity contribution in [1.82, 2.24) is 10.6 Å². The first-order valence-electron chi connectivity index (χ1n) is 6.60. The van der Waals surface area contributed by atoms with Gasteiger partial charge in [0.15, 0.2) is 0 Å². The van der Waals surface area contributed by atoms with Crippen LogP contribution in [-0.2, 0) is 11.3 Å². The number of carboxylic acids is 1. The van der Waals surface area contributed by atoms with Crippen LogP contribution in [0.2, 0.25) is 0 Å². The molecule has 0 radical (unpaired) electrons. The second-order valence-electron chi connectivity index (χ2n) is 4.57. The van der Waals surface area contributed by atoms with Gasteiger partial charge in [0.1, 0.15) is 6.04 Å². The Morgan fingerprint density at radius 3 is 2.33 bits per heavy atom. The molecule has 0 bridgehead atoms. The van der Waals surface area contributed by atoms with Crippen molar-refractivity contribution in [2.45, 2.75) is 32.4 Å². The maximum atomic E-state index is 11.9. The first kappa shape index (κ1) is 16.5. The number of amides is 3. The summed E-state index contributed by atoms with van der Waals surface area (Å²) in [6, 6.07) is 4.96. The quantitative estimate of drug-likeness (QED) is 0.595. The second kappa shape index (κ2) is 7.88. The molecule has 1 rings (SSSR count). The van der Waals surface area contributed by atoms with E-state index in [1.54, 1.807) is 24.3 Å². The SMILES string of the molecule is CCCC(NC(=O)c1ccc(CNC(N)=O)cc1)C(=O)O. The van der Waals surface area contributed by atoms with Crippen LogP contribution >= 0.6 is 0 Å². The third kappa shape index (κ3) is 5.52. The van der Waals surface area contributed by atoms with Gasteiger partial charge in [-0.3, -0.25) is 4.79 Å². The fourth-order valence-corrected chi connectivity index (χ4v) is 1.75. The zero-order valence-corrected chi connectivity index (χ0v) is 11.8. The Balaban J connectivity index is 2.65. The number of carbonyl (C=O) groups is 3. The highest BCUT2D eigenvalue weighted by Gasteiger charge is 2.19. The molecule has 0 aliphatic rings. The van der Waals surface area contributed by atoms with E-state index < -0.39 is 23.9 Å². The predicted molar refractivity (Wildman–Crippen MR) is 76.7 cm³/mol. The van der Waals surface area contributed by atoms with E-state index in [4.69, 9.17) is 10.8 Å². The van der Waals surface area contributed by atoms with Crippen LogP contribution in [0.1, 0.15) is 35.7 Å². The van der Waals surface area contributed by atoms with Crippen LogP contribution in [0, 0.1) is 0 Å². The molecule has 1 aromatic carbocycles. The molecular formula is C14H19N3O4. The van der Waals surface area contributed by atoms with Gasteiger partial charge in [0.25, 0.3) is 5.91 Å². The number of urea groups is 1. The number of nitrogens with two attached hydrogens (primary N) is 1. The van der Waals surface area contributed by atoms with Gasteiger partial charge in [-0.2, -0.15) is 0 Å². The molecule has 7 heteroatoms. The molecule has 5 N–H and O–H groups in total. The average molecular weight is 293 g/mol. The molecule has 1 aromatic rings. The highest BCUT2D eigenvalue weighted by Crippen LogP contribution is 2.06. The molecule has 0 fully saturated rings. The number of hydrogen-bond acceptors (Lipinski definition) is 3.